The highest BCUT2D eigenvalue weighted by atomic mass is 16.4. The third-order valence-electron chi connectivity index (χ3n) is 3.05. The highest BCUT2D eigenvalue weighted by Gasteiger charge is 2.41. The molecule has 0 bridgehead atoms. The molecule has 1 saturated heterocycles. The zero-order valence-electron chi connectivity index (χ0n) is 11.8. The maximum Gasteiger partial charge on any atom is 0.317 e. The van der Waals surface area contributed by atoms with E-state index in [9.17, 15) is 14.4 Å². The molecule has 19 heavy (non-hydrogen) atoms. The van der Waals surface area contributed by atoms with Gasteiger partial charge in [-0.15, -0.1) is 0 Å². The second-order valence-corrected chi connectivity index (χ2v) is 5.32. The van der Waals surface area contributed by atoms with Gasteiger partial charge in [0.15, 0.2) is 0 Å². The topological polar surface area (TPSA) is 77.9 Å². The van der Waals surface area contributed by atoms with Crippen molar-refractivity contribution in [1.29, 1.82) is 0 Å². The Morgan fingerprint density at radius 1 is 1.47 bits per heavy atom. The van der Waals surface area contributed by atoms with Crippen LogP contribution in [-0.2, 0) is 14.4 Å². The first-order valence-corrected chi connectivity index (χ1v) is 6.66. The molecule has 0 spiro atoms. The summed E-state index contributed by atoms with van der Waals surface area (Å²) >= 11 is 0. The van der Waals surface area contributed by atoms with Gasteiger partial charge in [0.1, 0.15) is 0 Å². The molecule has 6 heteroatoms. The van der Waals surface area contributed by atoms with E-state index in [1.807, 2.05) is 20.8 Å². The summed E-state index contributed by atoms with van der Waals surface area (Å²) < 4.78 is 0. The summed E-state index contributed by atoms with van der Waals surface area (Å²) in [6.45, 7) is 6.52. The van der Waals surface area contributed by atoms with Gasteiger partial charge >= 0.3 is 5.97 Å². The average molecular weight is 270 g/mol. The number of nitrogens with zero attached hydrogens (tertiary/aromatic N) is 2. The number of carboxylic acids is 1. The number of hydrogen-bond acceptors (Lipinski definition) is 4. The number of amides is 2. The first-order valence-electron chi connectivity index (χ1n) is 6.66. The van der Waals surface area contributed by atoms with Crippen LogP contribution in [0, 0.1) is 5.92 Å². The standard InChI is InChI=1S/C13H22N2O4/c1-4-5-15-11(16)6-10(13(15)19)14(7-9(2)3)8-12(17)18/h9-10H,4-8H2,1-3H3,(H,17,18). The molecule has 1 N–H and O–H groups in total. The van der Waals surface area contributed by atoms with E-state index in [4.69, 9.17) is 5.11 Å². The van der Waals surface area contributed by atoms with Gasteiger partial charge < -0.3 is 5.11 Å². The second-order valence-electron chi connectivity index (χ2n) is 5.32. The molecule has 1 aliphatic heterocycles. The van der Waals surface area contributed by atoms with Gasteiger partial charge in [-0.2, -0.15) is 0 Å². The van der Waals surface area contributed by atoms with E-state index in [1.165, 1.54) is 4.90 Å². The number of rotatable bonds is 7. The number of aliphatic carboxylic acids is 1. The highest BCUT2D eigenvalue weighted by Crippen LogP contribution is 2.20. The van der Waals surface area contributed by atoms with Crippen molar-refractivity contribution < 1.29 is 19.5 Å². The smallest absolute Gasteiger partial charge is 0.317 e. The Labute approximate surface area is 113 Å². The zero-order chi connectivity index (χ0) is 14.6. The average Bonchev–Trinajstić information content (AvgIpc) is 2.55. The van der Waals surface area contributed by atoms with Crippen molar-refractivity contribution in [3.63, 3.8) is 0 Å². The van der Waals surface area contributed by atoms with Gasteiger partial charge in [-0.25, -0.2) is 0 Å². The van der Waals surface area contributed by atoms with Gasteiger partial charge in [-0.1, -0.05) is 20.8 Å². The van der Waals surface area contributed by atoms with Crippen molar-refractivity contribution in [2.45, 2.75) is 39.7 Å². The summed E-state index contributed by atoms with van der Waals surface area (Å²) in [7, 11) is 0. The lowest BCUT2D eigenvalue weighted by Gasteiger charge is -2.27. The number of imide groups is 1. The van der Waals surface area contributed by atoms with Crippen molar-refractivity contribution in [2.75, 3.05) is 19.6 Å². The minimum atomic E-state index is -0.977. The maximum atomic E-state index is 12.2. The molecule has 1 unspecified atom stereocenters. The Morgan fingerprint density at radius 3 is 2.58 bits per heavy atom. The molecule has 1 fully saturated rings. The summed E-state index contributed by atoms with van der Waals surface area (Å²) in [6, 6.07) is -0.613. The summed E-state index contributed by atoms with van der Waals surface area (Å²) in [4.78, 5) is 37.7. The Morgan fingerprint density at radius 2 is 2.11 bits per heavy atom. The first-order chi connectivity index (χ1) is 8.86. The summed E-state index contributed by atoms with van der Waals surface area (Å²) in [5.41, 5.74) is 0. The molecule has 0 saturated carbocycles. The van der Waals surface area contributed by atoms with Crippen LogP contribution < -0.4 is 0 Å². The largest absolute Gasteiger partial charge is 0.480 e. The minimum Gasteiger partial charge on any atom is -0.480 e. The van der Waals surface area contributed by atoms with Gasteiger partial charge in [-0.05, 0) is 12.3 Å². The Kier molecular flexibility index (Phi) is 5.47. The number of likely N-dealkylation sites (tertiary alicyclic amines) is 1. The predicted molar refractivity (Wildman–Crippen MR) is 69.5 cm³/mol. The van der Waals surface area contributed by atoms with Gasteiger partial charge in [0.2, 0.25) is 11.8 Å². The summed E-state index contributed by atoms with van der Waals surface area (Å²) in [5, 5.41) is 8.93. The molecule has 2 amide bonds. The van der Waals surface area contributed by atoms with Gasteiger partial charge in [0, 0.05) is 13.1 Å². The quantitative estimate of drug-likeness (QED) is 0.684. The van der Waals surface area contributed by atoms with E-state index in [2.05, 4.69) is 0 Å². The highest BCUT2D eigenvalue weighted by molar-refractivity contribution is 6.05. The lowest BCUT2D eigenvalue weighted by Crippen LogP contribution is -2.46. The molecule has 1 atom stereocenters. The van der Waals surface area contributed by atoms with Crippen LogP contribution in [0.25, 0.3) is 0 Å². The molecule has 0 aromatic carbocycles. The van der Waals surface area contributed by atoms with Gasteiger partial charge in [0.25, 0.3) is 0 Å². The number of hydrogen-bond donors (Lipinski definition) is 1. The molecule has 0 aliphatic carbocycles. The summed E-state index contributed by atoms with van der Waals surface area (Å²) in [6.07, 6.45) is 0.812. The van der Waals surface area contributed by atoms with Crippen LogP contribution in [0.1, 0.15) is 33.6 Å². The van der Waals surface area contributed by atoms with Crippen LogP contribution in [0.4, 0.5) is 0 Å². The predicted octanol–water partition coefficient (Wildman–Crippen LogP) is 0.566. The Balaban J connectivity index is 2.82. The molecule has 6 nitrogen and oxygen atoms in total. The fourth-order valence-electron chi connectivity index (χ4n) is 2.35. The third kappa shape index (κ3) is 4.02. The second kappa shape index (κ2) is 6.65. The normalized spacial score (nSPS) is 19.8. The van der Waals surface area contributed by atoms with Crippen LogP contribution in [0.15, 0.2) is 0 Å². The lowest BCUT2D eigenvalue weighted by atomic mass is 10.1. The molecular weight excluding hydrogens is 248 g/mol. The van der Waals surface area contributed by atoms with Crippen molar-refractivity contribution in [3.8, 4) is 0 Å². The number of carbonyl (C=O) groups is 3. The van der Waals surface area contributed by atoms with E-state index in [0.717, 1.165) is 0 Å². The Bertz CT molecular complexity index is 368. The van der Waals surface area contributed by atoms with E-state index in [1.54, 1.807) is 4.90 Å². The maximum absolute atomic E-state index is 12.2. The summed E-state index contributed by atoms with van der Waals surface area (Å²) in [5.74, 6) is -1.19. The molecule has 1 aliphatic rings. The van der Waals surface area contributed by atoms with Crippen molar-refractivity contribution in [2.24, 2.45) is 5.92 Å². The van der Waals surface area contributed by atoms with E-state index >= 15 is 0 Å². The number of carbonyl (C=O) groups excluding carboxylic acids is 2. The van der Waals surface area contributed by atoms with E-state index < -0.39 is 12.0 Å². The van der Waals surface area contributed by atoms with Crippen LogP contribution >= 0.6 is 0 Å². The number of carboxylic acid groups (broad SMARTS) is 1. The zero-order valence-corrected chi connectivity index (χ0v) is 11.8. The Hall–Kier alpha value is -1.43. The van der Waals surface area contributed by atoms with E-state index in [0.29, 0.717) is 19.5 Å². The molecule has 1 heterocycles. The molecule has 1 rings (SSSR count). The minimum absolute atomic E-state index is 0.0961. The van der Waals surface area contributed by atoms with Crippen molar-refractivity contribution in [3.05, 3.63) is 0 Å². The molecular formula is C13H22N2O4. The van der Waals surface area contributed by atoms with Crippen LogP contribution in [-0.4, -0.2) is 58.4 Å². The fourth-order valence-corrected chi connectivity index (χ4v) is 2.35. The van der Waals surface area contributed by atoms with Gasteiger partial charge in [-0.3, -0.25) is 24.2 Å². The SMILES string of the molecule is CCCN1C(=O)CC(N(CC(=O)O)CC(C)C)C1=O. The van der Waals surface area contributed by atoms with Crippen molar-refractivity contribution in [1.82, 2.24) is 9.80 Å². The van der Waals surface area contributed by atoms with E-state index in [-0.39, 0.29) is 30.7 Å². The van der Waals surface area contributed by atoms with Gasteiger partial charge in [0.05, 0.1) is 19.0 Å². The fraction of sp³-hybridized carbons (Fsp3) is 0.769. The van der Waals surface area contributed by atoms with Crippen LogP contribution in [0.2, 0.25) is 0 Å². The molecule has 0 radical (unpaired) electrons. The van der Waals surface area contributed by atoms with Crippen LogP contribution in [0.3, 0.4) is 0 Å². The molecule has 108 valence electrons. The van der Waals surface area contributed by atoms with Crippen molar-refractivity contribution >= 4 is 17.8 Å². The first kappa shape index (κ1) is 15.6. The molecule has 0 aromatic heterocycles. The molecule has 0 aromatic rings. The third-order valence-corrected chi connectivity index (χ3v) is 3.05. The monoisotopic (exact) mass is 270 g/mol. The van der Waals surface area contributed by atoms with Crippen LogP contribution in [0.5, 0.6) is 0 Å². The lowest BCUT2D eigenvalue weighted by molar-refractivity contribution is -0.141.